The number of carboxylic acid groups (broad SMARTS) is 1. The van der Waals surface area contributed by atoms with Crippen LogP contribution < -0.4 is 4.90 Å². The van der Waals surface area contributed by atoms with Gasteiger partial charge in [-0.3, -0.25) is 0 Å². The van der Waals surface area contributed by atoms with Crippen LogP contribution in [0, 0.1) is 0 Å². The van der Waals surface area contributed by atoms with Crippen LogP contribution in [0.25, 0.3) is 0 Å². The van der Waals surface area contributed by atoms with Gasteiger partial charge in [-0.25, -0.2) is 9.78 Å². The van der Waals surface area contributed by atoms with Gasteiger partial charge in [0.1, 0.15) is 5.82 Å². The first-order valence-corrected chi connectivity index (χ1v) is 6.59. The van der Waals surface area contributed by atoms with Crippen LogP contribution in [-0.4, -0.2) is 56.6 Å². The number of carbonyl (C=O) groups is 1. The molecule has 0 radical (unpaired) electrons. The lowest BCUT2D eigenvalue weighted by Gasteiger charge is -2.23. The molecule has 1 rings (SSSR count). The van der Waals surface area contributed by atoms with Gasteiger partial charge in [0, 0.05) is 40.1 Å². The lowest BCUT2D eigenvalue weighted by atomic mass is 10.2. The molecule has 0 saturated heterocycles. The second-order valence-electron chi connectivity index (χ2n) is 4.15. The Morgan fingerprint density at radius 2 is 2.05 bits per heavy atom. The van der Waals surface area contributed by atoms with Crippen LogP contribution in [0.2, 0.25) is 5.02 Å². The highest BCUT2D eigenvalue weighted by Crippen LogP contribution is 2.20. The Labute approximate surface area is 123 Å². The van der Waals surface area contributed by atoms with Crippen molar-refractivity contribution < 1.29 is 19.4 Å². The number of carboxylic acids is 1. The number of pyridine rings is 1. The number of anilines is 1. The maximum atomic E-state index is 11.1. The molecule has 0 unspecified atom stereocenters. The van der Waals surface area contributed by atoms with Gasteiger partial charge in [-0.2, -0.15) is 0 Å². The fourth-order valence-corrected chi connectivity index (χ4v) is 1.89. The topological polar surface area (TPSA) is 71.9 Å². The number of rotatable bonds is 9. The Balaban J connectivity index is 2.88. The zero-order valence-corrected chi connectivity index (χ0v) is 12.4. The van der Waals surface area contributed by atoms with Gasteiger partial charge < -0.3 is 19.5 Å². The number of halogens is 1. The molecule has 0 amide bonds. The van der Waals surface area contributed by atoms with Crippen LogP contribution >= 0.6 is 11.6 Å². The van der Waals surface area contributed by atoms with E-state index in [1.165, 1.54) is 12.3 Å². The average Bonchev–Trinajstić information content (AvgIpc) is 2.43. The first-order chi connectivity index (χ1) is 9.60. The minimum Gasteiger partial charge on any atom is -0.478 e. The van der Waals surface area contributed by atoms with Gasteiger partial charge in [0.2, 0.25) is 0 Å². The molecular formula is C13H19ClN2O4. The number of hydrogen-bond donors (Lipinski definition) is 1. The van der Waals surface area contributed by atoms with Crippen molar-refractivity contribution in [2.24, 2.45) is 0 Å². The van der Waals surface area contributed by atoms with Crippen molar-refractivity contribution in [3.8, 4) is 0 Å². The van der Waals surface area contributed by atoms with E-state index in [0.717, 1.165) is 6.42 Å². The Morgan fingerprint density at radius 1 is 1.35 bits per heavy atom. The summed E-state index contributed by atoms with van der Waals surface area (Å²) < 4.78 is 10.1. The van der Waals surface area contributed by atoms with Crippen molar-refractivity contribution in [3.05, 3.63) is 22.8 Å². The van der Waals surface area contributed by atoms with Crippen LogP contribution in [0.15, 0.2) is 12.3 Å². The molecule has 0 atom stereocenters. The van der Waals surface area contributed by atoms with Crippen molar-refractivity contribution in [1.82, 2.24) is 4.98 Å². The largest absolute Gasteiger partial charge is 0.478 e. The fourth-order valence-electron chi connectivity index (χ4n) is 1.71. The number of nitrogens with zero attached hydrogens (tertiary/aromatic N) is 2. The molecule has 0 saturated carbocycles. The summed E-state index contributed by atoms with van der Waals surface area (Å²) in [6.07, 6.45) is 2.17. The van der Waals surface area contributed by atoms with Crippen LogP contribution in [0.4, 0.5) is 5.82 Å². The second kappa shape index (κ2) is 8.73. The van der Waals surface area contributed by atoms with Gasteiger partial charge >= 0.3 is 5.97 Å². The first kappa shape index (κ1) is 16.7. The molecule has 0 aromatic carbocycles. The fraction of sp³-hybridized carbons (Fsp3) is 0.538. The number of hydrogen-bond acceptors (Lipinski definition) is 5. The predicted molar refractivity (Wildman–Crippen MR) is 76.8 cm³/mol. The molecule has 6 nitrogen and oxygen atoms in total. The molecule has 0 aliphatic heterocycles. The number of aromatic carboxylic acids is 1. The Hall–Kier alpha value is -1.37. The molecular weight excluding hydrogens is 284 g/mol. The van der Waals surface area contributed by atoms with Gasteiger partial charge in [0.05, 0.1) is 17.2 Å². The molecule has 0 spiro atoms. The third kappa shape index (κ3) is 4.96. The van der Waals surface area contributed by atoms with Gasteiger partial charge in [0.25, 0.3) is 0 Å². The zero-order valence-electron chi connectivity index (χ0n) is 11.6. The van der Waals surface area contributed by atoms with E-state index in [4.69, 9.17) is 26.2 Å². The summed E-state index contributed by atoms with van der Waals surface area (Å²) in [5, 5.41) is 9.22. The van der Waals surface area contributed by atoms with Crippen LogP contribution in [-0.2, 0) is 9.47 Å². The zero-order chi connectivity index (χ0) is 15.0. The molecule has 7 heteroatoms. The Kier molecular flexibility index (Phi) is 7.28. The van der Waals surface area contributed by atoms with Gasteiger partial charge in [0.15, 0.2) is 0 Å². The van der Waals surface area contributed by atoms with E-state index in [1.807, 2.05) is 4.90 Å². The Bertz CT molecular complexity index is 442. The third-order valence-corrected chi connectivity index (χ3v) is 3.04. The second-order valence-corrected chi connectivity index (χ2v) is 4.56. The summed E-state index contributed by atoms with van der Waals surface area (Å²) in [5.41, 5.74) is 0.0471. The van der Waals surface area contributed by atoms with E-state index in [-0.39, 0.29) is 10.6 Å². The molecule has 0 fully saturated rings. The smallest absolute Gasteiger partial charge is 0.337 e. The highest BCUT2D eigenvalue weighted by molar-refractivity contribution is 6.33. The minimum atomic E-state index is -1.07. The van der Waals surface area contributed by atoms with Crippen LogP contribution in [0.3, 0.4) is 0 Å². The summed E-state index contributed by atoms with van der Waals surface area (Å²) in [5.74, 6) is -0.498. The number of aromatic nitrogens is 1. The molecule has 20 heavy (non-hydrogen) atoms. The molecule has 0 aliphatic carbocycles. The lowest BCUT2D eigenvalue weighted by molar-refractivity contribution is 0.0697. The lowest BCUT2D eigenvalue weighted by Crippen LogP contribution is -2.30. The van der Waals surface area contributed by atoms with E-state index in [1.54, 1.807) is 14.2 Å². The van der Waals surface area contributed by atoms with E-state index in [0.29, 0.717) is 32.1 Å². The van der Waals surface area contributed by atoms with E-state index in [9.17, 15) is 4.79 Å². The molecule has 1 heterocycles. The molecule has 0 aliphatic rings. The van der Waals surface area contributed by atoms with E-state index in [2.05, 4.69) is 4.98 Å². The normalized spacial score (nSPS) is 10.6. The first-order valence-electron chi connectivity index (χ1n) is 6.21. The number of ether oxygens (including phenoxy) is 2. The van der Waals surface area contributed by atoms with Crippen LogP contribution in [0.5, 0.6) is 0 Å². The highest BCUT2D eigenvalue weighted by atomic mass is 35.5. The predicted octanol–water partition coefficient (Wildman–Crippen LogP) is 1.92. The quantitative estimate of drug-likeness (QED) is 0.703. The average molecular weight is 303 g/mol. The van der Waals surface area contributed by atoms with Crippen molar-refractivity contribution in [2.75, 3.05) is 45.4 Å². The summed E-state index contributed by atoms with van der Waals surface area (Å²) in [4.78, 5) is 17.2. The van der Waals surface area contributed by atoms with Crippen molar-refractivity contribution in [3.63, 3.8) is 0 Å². The molecule has 0 bridgehead atoms. The summed E-state index contributed by atoms with van der Waals surface area (Å²) >= 11 is 5.82. The highest BCUT2D eigenvalue weighted by Gasteiger charge is 2.14. The molecule has 112 valence electrons. The van der Waals surface area contributed by atoms with Gasteiger partial charge in [-0.05, 0) is 12.5 Å². The van der Waals surface area contributed by atoms with Crippen LogP contribution in [0.1, 0.15) is 16.8 Å². The summed E-state index contributed by atoms with van der Waals surface area (Å²) in [6.45, 7) is 2.47. The van der Waals surface area contributed by atoms with E-state index >= 15 is 0 Å². The van der Waals surface area contributed by atoms with Crippen molar-refractivity contribution in [1.29, 1.82) is 0 Å². The summed E-state index contributed by atoms with van der Waals surface area (Å²) in [7, 11) is 3.26. The minimum absolute atomic E-state index is 0.0471. The maximum Gasteiger partial charge on any atom is 0.337 e. The van der Waals surface area contributed by atoms with Gasteiger partial charge in [-0.15, -0.1) is 0 Å². The van der Waals surface area contributed by atoms with Crippen molar-refractivity contribution in [2.45, 2.75) is 6.42 Å². The SMILES string of the molecule is COCCCN(CCOC)c1cc(C(=O)O)c(Cl)cn1. The Morgan fingerprint density at radius 3 is 2.65 bits per heavy atom. The molecule has 1 N–H and O–H groups in total. The standard InChI is InChI=1S/C13H19ClN2O4/c1-19-6-3-4-16(5-7-20-2)12-8-10(13(17)18)11(14)9-15-12/h8-9H,3-7H2,1-2H3,(H,17,18). The third-order valence-electron chi connectivity index (χ3n) is 2.74. The molecule has 1 aromatic heterocycles. The summed E-state index contributed by atoms with van der Waals surface area (Å²) in [6, 6.07) is 1.48. The van der Waals surface area contributed by atoms with Crippen molar-refractivity contribution >= 4 is 23.4 Å². The monoisotopic (exact) mass is 302 g/mol. The number of methoxy groups -OCH3 is 2. The molecule has 1 aromatic rings. The van der Waals surface area contributed by atoms with Gasteiger partial charge in [-0.1, -0.05) is 11.6 Å². The maximum absolute atomic E-state index is 11.1. The van der Waals surface area contributed by atoms with E-state index < -0.39 is 5.97 Å².